The fraction of sp³-hybridized carbons (Fsp3) is 0.526. The van der Waals surface area contributed by atoms with Gasteiger partial charge in [0.2, 0.25) is 0 Å². The number of ether oxygens (including phenoxy) is 1. The third kappa shape index (κ3) is 2.77. The maximum atomic E-state index is 12.6. The Morgan fingerprint density at radius 3 is 2.88 bits per heavy atom. The van der Waals surface area contributed by atoms with Crippen LogP contribution in [0.15, 0.2) is 24.0 Å². The SMILES string of the molecule is CCCOc1ccc(C2=C(O)C3(CCCCC3C)NC2=O)c(Cl)c1. The molecule has 130 valence electrons. The molecule has 1 aliphatic carbocycles. The van der Waals surface area contributed by atoms with Gasteiger partial charge in [0.25, 0.3) is 5.91 Å². The number of hydrogen-bond donors (Lipinski definition) is 2. The van der Waals surface area contributed by atoms with E-state index >= 15 is 0 Å². The molecule has 2 atom stereocenters. The number of benzene rings is 1. The molecule has 1 aliphatic heterocycles. The quantitative estimate of drug-likeness (QED) is 0.842. The second-order valence-corrected chi connectivity index (χ2v) is 7.19. The van der Waals surface area contributed by atoms with E-state index in [1.54, 1.807) is 18.2 Å². The number of aliphatic hydroxyl groups excluding tert-OH is 1. The monoisotopic (exact) mass is 349 g/mol. The van der Waals surface area contributed by atoms with Gasteiger partial charge in [0.1, 0.15) is 17.0 Å². The van der Waals surface area contributed by atoms with Crippen LogP contribution in [0.3, 0.4) is 0 Å². The summed E-state index contributed by atoms with van der Waals surface area (Å²) in [6.07, 6.45) is 4.80. The van der Waals surface area contributed by atoms with Gasteiger partial charge in [0.15, 0.2) is 0 Å². The molecule has 2 N–H and O–H groups in total. The predicted octanol–water partition coefficient (Wildman–Crippen LogP) is 4.48. The van der Waals surface area contributed by atoms with E-state index in [1.807, 2.05) is 6.92 Å². The molecule has 4 nitrogen and oxygen atoms in total. The van der Waals surface area contributed by atoms with E-state index in [-0.39, 0.29) is 17.6 Å². The summed E-state index contributed by atoms with van der Waals surface area (Å²) in [7, 11) is 0. The Hall–Kier alpha value is -1.68. The van der Waals surface area contributed by atoms with E-state index in [0.717, 1.165) is 32.1 Å². The molecular weight excluding hydrogens is 326 g/mol. The van der Waals surface area contributed by atoms with Crippen LogP contribution in [0.5, 0.6) is 5.75 Å². The summed E-state index contributed by atoms with van der Waals surface area (Å²) >= 11 is 6.38. The molecular formula is C19H24ClNO3. The largest absolute Gasteiger partial charge is 0.509 e. The van der Waals surface area contributed by atoms with Crippen LogP contribution in [-0.2, 0) is 4.79 Å². The maximum Gasteiger partial charge on any atom is 0.256 e. The molecule has 1 fully saturated rings. The van der Waals surface area contributed by atoms with Crippen molar-refractivity contribution in [3.63, 3.8) is 0 Å². The van der Waals surface area contributed by atoms with Crippen LogP contribution in [0.2, 0.25) is 5.02 Å². The summed E-state index contributed by atoms with van der Waals surface area (Å²) < 4.78 is 5.57. The topological polar surface area (TPSA) is 58.6 Å². The summed E-state index contributed by atoms with van der Waals surface area (Å²) in [5.74, 6) is 0.776. The van der Waals surface area contributed by atoms with Gasteiger partial charge in [-0.2, -0.15) is 0 Å². The minimum Gasteiger partial charge on any atom is -0.509 e. The van der Waals surface area contributed by atoms with Crippen LogP contribution in [0, 0.1) is 5.92 Å². The van der Waals surface area contributed by atoms with Gasteiger partial charge in [0.05, 0.1) is 17.2 Å². The number of halogens is 1. The normalized spacial score (nSPS) is 26.8. The van der Waals surface area contributed by atoms with E-state index in [1.165, 1.54) is 0 Å². The molecule has 0 radical (unpaired) electrons. The molecule has 2 aliphatic rings. The van der Waals surface area contributed by atoms with Crippen LogP contribution in [-0.4, -0.2) is 23.2 Å². The van der Waals surface area contributed by atoms with Crippen LogP contribution in [0.4, 0.5) is 0 Å². The Labute approximate surface area is 147 Å². The number of carbonyl (C=O) groups is 1. The maximum absolute atomic E-state index is 12.6. The van der Waals surface area contributed by atoms with Crippen LogP contribution < -0.4 is 10.1 Å². The van der Waals surface area contributed by atoms with Crippen LogP contribution >= 0.6 is 11.6 Å². The minimum atomic E-state index is -0.634. The molecule has 1 aromatic rings. The molecule has 24 heavy (non-hydrogen) atoms. The van der Waals surface area contributed by atoms with Crippen LogP contribution in [0.25, 0.3) is 5.57 Å². The standard InChI is InChI=1S/C19H24ClNO3/c1-3-10-24-13-7-8-14(15(20)11-13)16-17(22)19(21-18(16)23)9-5-4-6-12(19)2/h7-8,11-12,22H,3-6,9-10H2,1-2H3,(H,21,23). The van der Waals surface area contributed by atoms with E-state index in [9.17, 15) is 9.90 Å². The Morgan fingerprint density at radius 2 is 2.21 bits per heavy atom. The Morgan fingerprint density at radius 1 is 1.42 bits per heavy atom. The molecule has 3 rings (SSSR count). The lowest BCUT2D eigenvalue weighted by Crippen LogP contribution is -2.51. The Kier molecular flexibility index (Phi) is 4.77. The zero-order valence-electron chi connectivity index (χ0n) is 14.2. The third-order valence-corrected chi connectivity index (χ3v) is 5.52. The van der Waals surface area contributed by atoms with Crippen molar-refractivity contribution in [2.24, 2.45) is 5.92 Å². The lowest BCUT2D eigenvalue weighted by molar-refractivity contribution is -0.117. The lowest BCUT2D eigenvalue weighted by atomic mass is 9.73. The van der Waals surface area contributed by atoms with Crippen molar-refractivity contribution in [2.75, 3.05) is 6.61 Å². The molecule has 1 spiro atoms. The summed E-state index contributed by atoms with van der Waals surface area (Å²) in [5.41, 5.74) is 0.228. The first-order valence-electron chi connectivity index (χ1n) is 8.68. The second-order valence-electron chi connectivity index (χ2n) is 6.79. The lowest BCUT2D eigenvalue weighted by Gasteiger charge is -2.39. The van der Waals surface area contributed by atoms with Crippen molar-refractivity contribution >= 4 is 23.1 Å². The van der Waals surface area contributed by atoms with Gasteiger partial charge in [-0.3, -0.25) is 4.79 Å². The van der Waals surface area contributed by atoms with Gasteiger partial charge in [-0.1, -0.05) is 38.3 Å². The van der Waals surface area contributed by atoms with Gasteiger partial charge < -0.3 is 15.2 Å². The van der Waals surface area contributed by atoms with Crippen molar-refractivity contribution in [2.45, 2.75) is 51.5 Å². The summed E-state index contributed by atoms with van der Waals surface area (Å²) in [5, 5.41) is 14.4. The Bertz CT molecular complexity index is 685. The summed E-state index contributed by atoms with van der Waals surface area (Å²) in [6, 6.07) is 5.25. The van der Waals surface area contributed by atoms with Crippen molar-refractivity contribution in [1.29, 1.82) is 0 Å². The van der Waals surface area contributed by atoms with E-state index in [2.05, 4.69) is 12.2 Å². The highest BCUT2D eigenvalue weighted by atomic mass is 35.5. The van der Waals surface area contributed by atoms with Gasteiger partial charge in [-0.05, 0) is 43.4 Å². The fourth-order valence-corrected chi connectivity index (χ4v) is 4.06. The second kappa shape index (κ2) is 6.67. The summed E-state index contributed by atoms with van der Waals surface area (Å²) in [4.78, 5) is 12.6. The number of rotatable bonds is 4. The highest BCUT2D eigenvalue weighted by molar-refractivity contribution is 6.35. The molecule has 0 saturated heterocycles. The predicted molar refractivity (Wildman–Crippen MR) is 95.3 cm³/mol. The first-order chi connectivity index (χ1) is 11.5. The van der Waals surface area contributed by atoms with Crippen LogP contribution in [0.1, 0.15) is 51.5 Å². The zero-order chi connectivity index (χ0) is 17.3. The number of amides is 1. The number of carbonyl (C=O) groups excluding carboxylic acids is 1. The smallest absolute Gasteiger partial charge is 0.256 e. The fourth-order valence-electron chi connectivity index (χ4n) is 3.80. The molecule has 2 unspecified atom stereocenters. The van der Waals surface area contributed by atoms with Crippen molar-refractivity contribution in [1.82, 2.24) is 5.32 Å². The highest BCUT2D eigenvalue weighted by Gasteiger charge is 2.50. The highest BCUT2D eigenvalue weighted by Crippen LogP contribution is 2.45. The number of nitrogens with one attached hydrogen (secondary N) is 1. The average Bonchev–Trinajstić information content (AvgIpc) is 2.80. The molecule has 0 aromatic heterocycles. The minimum absolute atomic E-state index is 0.142. The van der Waals surface area contributed by atoms with E-state index in [4.69, 9.17) is 16.3 Å². The molecule has 1 saturated carbocycles. The third-order valence-electron chi connectivity index (χ3n) is 5.21. The van der Waals surface area contributed by atoms with E-state index in [0.29, 0.717) is 28.5 Å². The Balaban J connectivity index is 1.98. The molecule has 0 bridgehead atoms. The molecule has 1 amide bonds. The molecule has 1 aromatic carbocycles. The molecule has 5 heteroatoms. The average molecular weight is 350 g/mol. The number of aliphatic hydroxyl groups is 1. The first kappa shape index (κ1) is 17.2. The number of hydrogen-bond acceptors (Lipinski definition) is 3. The van der Waals surface area contributed by atoms with Crippen molar-refractivity contribution in [3.8, 4) is 5.75 Å². The van der Waals surface area contributed by atoms with Crippen molar-refractivity contribution in [3.05, 3.63) is 34.5 Å². The summed E-state index contributed by atoms with van der Waals surface area (Å²) in [6.45, 7) is 4.74. The van der Waals surface area contributed by atoms with Gasteiger partial charge in [-0.25, -0.2) is 0 Å². The first-order valence-corrected chi connectivity index (χ1v) is 9.06. The van der Waals surface area contributed by atoms with Gasteiger partial charge in [-0.15, -0.1) is 0 Å². The van der Waals surface area contributed by atoms with Crippen molar-refractivity contribution < 1.29 is 14.6 Å². The zero-order valence-corrected chi connectivity index (χ0v) is 14.9. The van der Waals surface area contributed by atoms with Gasteiger partial charge in [0, 0.05) is 5.56 Å². The van der Waals surface area contributed by atoms with Gasteiger partial charge >= 0.3 is 0 Å². The molecule has 1 heterocycles. The van der Waals surface area contributed by atoms with E-state index < -0.39 is 5.54 Å².